The number of halogens is 3. The predicted molar refractivity (Wildman–Crippen MR) is 117 cm³/mol. The number of anilines is 2. The Balaban J connectivity index is 1.80. The van der Waals surface area contributed by atoms with E-state index in [1.807, 2.05) is 0 Å². The summed E-state index contributed by atoms with van der Waals surface area (Å²) in [6.07, 6.45) is -3.08. The number of amides is 1. The highest BCUT2D eigenvalue weighted by Gasteiger charge is 2.31. The van der Waals surface area contributed by atoms with Crippen LogP contribution in [0.25, 0.3) is 0 Å². The highest BCUT2D eigenvalue weighted by atomic mass is 32.2. The monoisotopic (exact) mass is 500 g/mol. The van der Waals surface area contributed by atoms with E-state index in [9.17, 15) is 31.2 Å². The summed E-state index contributed by atoms with van der Waals surface area (Å²) in [6, 6.07) is 8.32. The number of hydrogen-bond donors (Lipinski definition) is 2. The van der Waals surface area contributed by atoms with Crippen LogP contribution in [0.1, 0.15) is 32.6 Å². The summed E-state index contributed by atoms with van der Waals surface area (Å²) in [7, 11) is -4.27. The van der Waals surface area contributed by atoms with Gasteiger partial charge in [-0.25, -0.2) is 8.42 Å². The summed E-state index contributed by atoms with van der Waals surface area (Å²) >= 11 is 0. The standard InChI is InChI=1S/C22H23F3N2O6S/c1-2-32-19-13-15(26-21(29)14-5-3-7-17(28)11-14)9-10-20(19)34(30,31)27-16-6-4-8-18(12-16)33-22(23,24)25/h4,6,8-10,12-14,27H,2-3,5,7,11H2,1H3,(H,26,29). The summed E-state index contributed by atoms with van der Waals surface area (Å²) < 4.78 is 74.7. The first-order chi connectivity index (χ1) is 16.0. The fourth-order valence-electron chi connectivity index (χ4n) is 3.54. The Kier molecular flexibility index (Phi) is 7.70. The molecule has 12 heteroatoms. The SMILES string of the molecule is CCOc1cc(NC(=O)C2CCCC(=O)C2)ccc1S(=O)(=O)Nc1cccc(OC(F)(F)F)c1. The number of alkyl halides is 3. The summed E-state index contributed by atoms with van der Waals surface area (Å²) in [5.74, 6) is -1.41. The van der Waals surface area contributed by atoms with Crippen LogP contribution in [0.4, 0.5) is 24.5 Å². The minimum Gasteiger partial charge on any atom is -0.492 e. The van der Waals surface area contributed by atoms with E-state index >= 15 is 0 Å². The lowest BCUT2D eigenvalue weighted by Gasteiger charge is -2.20. The third-order valence-corrected chi connectivity index (χ3v) is 6.39. The molecule has 0 spiro atoms. The molecule has 0 radical (unpaired) electrons. The average molecular weight is 500 g/mol. The van der Waals surface area contributed by atoms with E-state index in [4.69, 9.17) is 4.74 Å². The van der Waals surface area contributed by atoms with Gasteiger partial charge in [-0.05, 0) is 44.0 Å². The minimum atomic E-state index is -4.93. The number of ether oxygens (including phenoxy) is 2. The number of sulfonamides is 1. The van der Waals surface area contributed by atoms with Gasteiger partial charge in [0.05, 0.1) is 12.3 Å². The molecule has 1 amide bonds. The number of benzene rings is 2. The molecule has 34 heavy (non-hydrogen) atoms. The van der Waals surface area contributed by atoms with Crippen molar-refractivity contribution in [1.82, 2.24) is 0 Å². The molecule has 8 nitrogen and oxygen atoms in total. The van der Waals surface area contributed by atoms with E-state index in [0.717, 1.165) is 12.1 Å². The Labute approximate surface area is 194 Å². The second-order valence-electron chi connectivity index (χ2n) is 7.60. The highest BCUT2D eigenvalue weighted by Crippen LogP contribution is 2.32. The van der Waals surface area contributed by atoms with E-state index in [1.54, 1.807) is 6.92 Å². The first-order valence-corrected chi connectivity index (χ1v) is 11.9. The van der Waals surface area contributed by atoms with Crippen molar-refractivity contribution in [2.75, 3.05) is 16.6 Å². The minimum absolute atomic E-state index is 0.0265. The van der Waals surface area contributed by atoms with Crippen LogP contribution in [0.3, 0.4) is 0 Å². The van der Waals surface area contributed by atoms with Crippen molar-refractivity contribution >= 4 is 33.1 Å². The van der Waals surface area contributed by atoms with E-state index in [0.29, 0.717) is 19.3 Å². The second-order valence-corrected chi connectivity index (χ2v) is 9.25. The summed E-state index contributed by atoms with van der Waals surface area (Å²) in [6.45, 7) is 1.76. The molecule has 0 saturated heterocycles. The van der Waals surface area contributed by atoms with Crippen molar-refractivity contribution in [2.24, 2.45) is 5.92 Å². The van der Waals surface area contributed by atoms with Gasteiger partial charge in [0.15, 0.2) is 0 Å². The normalized spacial score (nSPS) is 16.6. The molecular weight excluding hydrogens is 477 g/mol. The maximum atomic E-state index is 12.9. The number of rotatable bonds is 8. The van der Waals surface area contributed by atoms with Crippen molar-refractivity contribution in [2.45, 2.75) is 43.9 Å². The fraction of sp³-hybridized carbons (Fsp3) is 0.364. The Bertz CT molecular complexity index is 1170. The van der Waals surface area contributed by atoms with E-state index in [-0.39, 0.29) is 46.7 Å². The van der Waals surface area contributed by atoms with Gasteiger partial charge in [0.2, 0.25) is 5.91 Å². The van der Waals surface area contributed by atoms with E-state index in [2.05, 4.69) is 14.8 Å². The summed E-state index contributed by atoms with van der Waals surface area (Å²) in [5, 5.41) is 2.68. The van der Waals surface area contributed by atoms with Crippen LogP contribution in [-0.4, -0.2) is 33.1 Å². The van der Waals surface area contributed by atoms with E-state index < -0.39 is 28.1 Å². The quantitative estimate of drug-likeness (QED) is 0.553. The number of carbonyl (C=O) groups excluding carboxylic acids is 2. The molecule has 1 saturated carbocycles. The van der Waals surface area contributed by atoms with Crippen molar-refractivity contribution in [3.63, 3.8) is 0 Å². The van der Waals surface area contributed by atoms with Crippen LogP contribution in [-0.2, 0) is 19.6 Å². The number of ketones is 1. The molecule has 0 heterocycles. The largest absolute Gasteiger partial charge is 0.573 e. The molecule has 2 N–H and O–H groups in total. The van der Waals surface area contributed by atoms with E-state index in [1.165, 1.54) is 30.3 Å². The molecule has 3 rings (SSSR count). The molecule has 2 aromatic rings. The van der Waals surface area contributed by atoms with Crippen molar-refractivity contribution in [3.8, 4) is 11.5 Å². The molecule has 1 unspecified atom stereocenters. The lowest BCUT2D eigenvalue weighted by Crippen LogP contribution is -2.28. The summed E-state index contributed by atoms with van der Waals surface area (Å²) in [4.78, 5) is 23.9. The molecule has 0 bridgehead atoms. The van der Waals surface area contributed by atoms with Crippen molar-refractivity contribution in [1.29, 1.82) is 0 Å². The third-order valence-electron chi connectivity index (χ3n) is 4.97. The number of hydrogen-bond acceptors (Lipinski definition) is 6. The number of carbonyl (C=O) groups is 2. The van der Waals surface area contributed by atoms with Gasteiger partial charge >= 0.3 is 6.36 Å². The van der Waals surface area contributed by atoms with Crippen LogP contribution >= 0.6 is 0 Å². The second kappa shape index (κ2) is 10.3. The van der Waals surface area contributed by atoms with Crippen LogP contribution in [0.2, 0.25) is 0 Å². The van der Waals surface area contributed by atoms with Gasteiger partial charge in [0.25, 0.3) is 10.0 Å². The van der Waals surface area contributed by atoms with Crippen molar-refractivity contribution < 1.29 is 40.7 Å². The first kappa shape index (κ1) is 25.3. The molecule has 1 aliphatic rings. The molecule has 1 aliphatic carbocycles. The number of nitrogens with one attached hydrogen (secondary N) is 2. The molecule has 0 aromatic heterocycles. The molecule has 0 aliphatic heterocycles. The predicted octanol–water partition coefficient (Wildman–Crippen LogP) is 4.48. The van der Waals surface area contributed by atoms with Crippen LogP contribution in [0.5, 0.6) is 11.5 Å². The zero-order valence-corrected chi connectivity index (χ0v) is 19.0. The van der Waals surface area contributed by atoms with Crippen LogP contribution < -0.4 is 19.5 Å². The Hall–Kier alpha value is -3.28. The Morgan fingerprint density at radius 3 is 2.59 bits per heavy atom. The van der Waals surface area contributed by atoms with Gasteiger partial charge in [-0.1, -0.05) is 6.07 Å². The van der Waals surface area contributed by atoms with Crippen molar-refractivity contribution in [3.05, 3.63) is 42.5 Å². The number of Topliss-reactive ketones (excluding diaryl/α,β-unsaturated/α-hetero) is 1. The molecule has 1 fully saturated rings. The zero-order chi connectivity index (χ0) is 24.9. The van der Waals surface area contributed by atoms with Gasteiger partial charge in [-0.15, -0.1) is 13.2 Å². The molecular formula is C22H23F3N2O6S. The van der Waals surface area contributed by atoms with Crippen LogP contribution in [0.15, 0.2) is 47.4 Å². The van der Waals surface area contributed by atoms with Gasteiger partial charge in [-0.3, -0.25) is 14.3 Å². The summed E-state index contributed by atoms with van der Waals surface area (Å²) in [5.41, 5.74) is 0.134. The topological polar surface area (TPSA) is 111 Å². The highest BCUT2D eigenvalue weighted by molar-refractivity contribution is 7.92. The molecule has 1 atom stereocenters. The lowest BCUT2D eigenvalue weighted by atomic mass is 9.88. The van der Waals surface area contributed by atoms with Gasteiger partial charge < -0.3 is 14.8 Å². The zero-order valence-electron chi connectivity index (χ0n) is 18.1. The van der Waals surface area contributed by atoms with Gasteiger partial charge in [0, 0.05) is 36.6 Å². The molecule has 184 valence electrons. The van der Waals surface area contributed by atoms with Gasteiger partial charge in [-0.2, -0.15) is 0 Å². The smallest absolute Gasteiger partial charge is 0.492 e. The maximum Gasteiger partial charge on any atom is 0.573 e. The van der Waals surface area contributed by atoms with Crippen LogP contribution in [0, 0.1) is 5.92 Å². The third kappa shape index (κ3) is 6.86. The maximum absolute atomic E-state index is 12.9. The fourth-order valence-corrected chi connectivity index (χ4v) is 4.71. The first-order valence-electron chi connectivity index (χ1n) is 10.4. The Morgan fingerprint density at radius 1 is 1.15 bits per heavy atom. The molecule has 2 aromatic carbocycles. The Morgan fingerprint density at radius 2 is 1.91 bits per heavy atom. The van der Waals surface area contributed by atoms with Gasteiger partial charge in [0.1, 0.15) is 22.2 Å². The lowest BCUT2D eigenvalue weighted by molar-refractivity contribution is -0.274. The average Bonchev–Trinajstić information content (AvgIpc) is 2.72.